The molecule has 1 aliphatic carbocycles. The van der Waals surface area contributed by atoms with Crippen LogP contribution in [0.5, 0.6) is 0 Å². The third kappa shape index (κ3) is 2.53. The largest absolute Gasteiger partial charge is 0.451 e. The predicted molar refractivity (Wildman–Crippen MR) is 84.9 cm³/mol. The lowest BCUT2D eigenvalue weighted by atomic mass is 10.1. The van der Waals surface area contributed by atoms with Crippen molar-refractivity contribution in [3.8, 4) is 11.3 Å². The number of hydrogen-bond acceptors (Lipinski definition) is 3. The highest BCUT2D eigenvalue weighted by molar-refractivity contribution is 6.30. The summed E-state index contributed by atoms with van der Waals surface area (Å²) in [4.78, 5) is 12.3. The summed E-state index contributed by atoms with van der Waals surface area (Å²) in [6.45, 7) is 1.08. The Bertz CT molecular complexity index is 695. The summed E-state index contributed by atoms with van der Waals surface area (Å²) in [5.41, 5.74) is 0.907. The number of carbonyl (C=O) groups excluding carboxylic acids is 1. The zero-order chi connectivity index (χ0) is 15.1. The topological polar surface area (TPSA) is 54.3 Å². The molecule has 1 aromatic carbocycles. The highest BCUT2D eigenvalue weighted by atomic mass is 35.5. The van der Waals surface area contributed by atoms with Crippen LogP contribution in [-0.2, 0) is 0 Å². The highest BCUT2D eigenvalue weighted by Gasteiger charge is 2.40. The Hall–Kier alpha value is -1.78. The average molecular weight is 317 g/mol. The normalized spacial score (nSPS) is 26.3. The van der Waals surface area contributed by atoms with Gasteiger partial charge < -0.3 is 15.1 Å². The number of carbonyl (C=O) groups is 1. The van der Waals surface area contributed by atoms with Crippen LogP contribution in [0, 0.1) is 5.92 Å². The molecule has 1 aliphatic heterocycles. The molecule has 1 saturated heterocycles. The lowest BCUT2D eigenvalue weighted by Crippen LogP contribution is -2.47. The highest BCUT2D eigenvalue weighted by Crippen LogP contribution is 2.31. The molecule has 114 valence electrons. The third-order valence-corrected chi connectivity index (χ3v) is 4.86. The first-order valence-corrected chi connectivity index (χ1v) is 7.97. The number of hydrogen-bond donors (Lipinski definition) is 2. The van der Waals surface area contributed by atoms with E-state index in [9.17, 15) is 4.79 Å². The van der Waals surface area contributed by atoms with Crippen molar-refractivity contribution in [1.29, 1.82) is 0 Å². The van der Waals surface area contributed by atoms with Crippen molar-refractivity contribution >= 4 is 17.5 Å². The SMILES string of the molecule is O=C(NC1CC2CNC1C2)c1ccc(-c2ccc(Cl)cc2)o1. The van der Waals surface area contributed by atoms with Crippen LogP contribution in [0.2, 0.25) is 5.02 Å². The van der Waals surface area contributed by atoms with Gasteiger partial charge in [0.15, 0.2) is 5.76 Å². The van der Waals surface area contributed by atoms with E-state index in [-0.39, 0.29) is 11.9 Å². The molecule has 2 bridgehead atoms. The number of fused-ring (bicyclic) bond motifs is 2. The fourth-order valence-corrected chi connectivity index (χ4v) is 3.61. The second-order valence-electron chi connectivity index (χ2n) is 6.10. The Balaban J connectivity index is 1.46. The van der Waals surface area contributed by atoms with E-state index in [0.717, 1.165) is 18.5 Å². The molecule has 1 amide bonds. The molecule has 2 N–H and O–H groups in total. The molecular weight excluding hydrogens is 300 g/mol. The maximum absolute atomic E-state index is 12.3. The summed E-state index contributed by atoms with van der Waals surface area (Å²) in [5.74, 6) is 1.59. The summed E-state index contributed by atoms with van der Waals surface area (Å²) in [6.07, 6.45) is 2.23. The van der Waals surface area contributed by atoms with E-state index < -0.39 is 0 Å². The lowest BCUT2D eigenvalue weighted by molar-refractivity contribution is 0.0901. The van der Waals surface area contributed by atoms with Gasteiger partial charge in [0.1, 0.15) is 5.76 Å². The molecule has 2 aromatic rings. The first kappa shape index (κ1) is 13.9. The fourth-order valence-electron chi connectivity index (χ4n) is 3.48. The van der Waals surface area contributed by atoms with E-state index in [4.69, 9.17) is 16.0 Å². The summed E-state index contributed by atoms with van der Waals surface area (Å²) in [7, 11) is 0. The zero-order valence-corrected chi connectivity index (χ0v) is 12.8. The minimum Gasteiger partial charge on any atom is -0.451 e. The van der Waals surface area contributed by atoms with Gasteiger partial charge >= 0.3 is 0 Å². The summed E-state index contributed by atoms with van der Waals surface area (Å²) in [6, 6.07) is 11.5. The Labute approximate surface area is 133 Å². The fraction of sp³-hybridized carbons (Fsp3) is 0.353. The van der Waals surface area contributed by atoms with Crippen LogP contribution in [0.25, 0.3) is 11.3 Å². The smallest absolute Gasteiger partial charge is 0.287 e. The van der Waals surface area contributed by atoms with Crippen LogP contribution >= 0.6 is 11.6 Å². The zero-order valence-electron chi connectivity index (χ0n) is 12.0. The number of amides is 1. The molecule has 0 radical (unpaired) electrons. The molecule has 0 spiro atoms. The standard InChI is InChI=1S/C17H17ClN2O2/c18-12-3-1-11(2-4-12)15-5-6-16(22-15)17(21)20-14-8-10-7-13(14)19-9-10/h1-6,10,13-14,19H,7-9H2,(H,20,21). The quantitative estimate of drug-likeness (QED) is 0.915. The van der Waals surface area contributed by atoms with Gasteiger partial charge in [-0.1, -0.05) is 11.6 Å². The van der Waals surface area contributed by atoms with E-state index in [1.807, 2.05) is 18.2 Å². The van der Waals surface area contributed by atoms with Gasteiger partial charge in [-0.05, 0) is 61.7 Å². The van der Waals surface area contributed by atoms with E-state index in [2.05, 4.69) is 10.6 Å². The monoisotopic (exact) mass is 316 g/mol. The molecule has 4 rings (SSSR count). The molecular formula is C17H17ClN2O2. The van der Waals surface area contributed by atoms with Gasteiger partial charge in [-0.25, -0.2) is 0 Å². The van der Waals surface area contributed by atoms with Crippen LogP contribution in [0.3, 0.4) is 0 Å². The minimum atomic E-state index is -0.139. The van der Waals surface area contributed by atoms with Crippen molar-refractivity contribution in [2.45, 2.75) is 24.9 Å². The van der Waals surface area contributed by atoms with Crippen LogP contribution < -0.4 is 10.6 Å². The van der Waals surface area contributed by atoms with Crippen LogP contribution in [0.15, 0.2) is 40.8 Å². The van der Waals surface area contributed by atoms with Crippen LogP contribution in [0.4, 0.5) is 0 Å². The van der Waals surface area contributed by atoms with Gasteiger partial charge in [-0.2, -0.15) is 0 Å². The number of piperidine rings is 1. The molecule has 22 heavy (non-hydrogen) atoms. The Morgan fingerprint density at radius 1 is 1.18 bits per heavy atom. The third-order valence-electron chi connectivity index (χ3n) is 4.60. The molecule has 2 aliphatic rings. The molecule has 2 heterocycles. The molecule has 2 fully saturated rings. The van der Waals surface area contributed by atoms with Gasteiger partial charge in [-0.3, -0.25) is 4.79 Å². The Morgan fingerprint density at radius 2 is 2.00 bits per heavy atom. The lowest BCUT2D eigenvalue weighted by Gasteiger charge is -2.23. The molecule has 5 heteroatoms. The van der Waals surface area contributed by atoms with Crippen molar-refractivity contribution in [2.24, 2.45) is 5.92 Å². The number of benzene rings is 1. The molecule has 1 saturated carbocycles. The van der Waals surface area contributed by atoms with Gasteiger partial charge in [0.25, 0.3) is 5.91 Å². The van der Waals surface area contributed by atoms with Crippen molar-refractivity contribution in [3.63, 3.8) is 0 Å². The van der Waals surface area contributed by atoms with E-state index in [0.29, 0.717) is 28.5 Å². The van der Waals surface area contributed by atoms with Gasteiger partial charge in [-0.15, -0.1) is 0 Å². The summed E-state index contributed by atoms with van der Waals surface area (Å²) < 4.78 is 5.69. The first-order valence-electron chi connectivity index (χ1n) is 7.59. The average Bonchev–Trinajstić information content (AvgIpc) is 3.24. The number of rotatable bonds is 3. The van der Waals surface area contributed by atoms with E-state index >= 15 is 0 Å². The second-order valence-corrected chi connectivity index (χ2v) is 6.54. The van der Waals surface area contributed by atoms with Gasteiger partial charge in [0.2, 0.25) is 0 Å². The van der Waals surface area contributed by atoms with Crippen molar-refractivity contribution < 1.29 is 9.21 Å². The van der Waals surface area contributed by atoms with Crippen molar-refractivity contribution in [2.75, 3.05) is 6.54 Å². The number of nitrogens with one attached hydrogen (secondary N) is 2. The molecule has 3 unspecified atom stereocenters. The second kappa shape index (κ2) is 5.45. The first-order chi connectivity index (χ1) is 10.7. The Kier molecular flexibility index (Phi) is 3.43. The maximum atomic E-state index is 12.3. The number of halogens is 1. The number of furan rings is 1. The molecule has 3 atom stereocenters. The van der Waals surface area contributed by atoms with Crippen LogP contribution in [0.1, 0.15) is 23.4 Å². The molecule has 1 aromatic heterocycles. The minimum absolute atomic E-state index is 0.139. The predicted octanol–water partition coefficient (Wildman–Crippen LogP) is 3.08. The summed E-state index contributed by atoms with van der Waals surface area (Å²) in [5, 5.41) is 7.20. The van der Waals surface area contributed by atoms with Gasteiger partial charge in [0.05, 0.1) is 0 Å². The van der Waals surface area contributed by atoms with E-state index in [1.54, 1.807) is 18.2 Å². The molecule has 4 nitrogen and oxygen atoms in total. The van der Waals surface area contributed by atoms with Crippen LogP contribution in [-0.4, -0.2) is 24.5 Å². The van der Waals surface area contributed by atoms with Crippen molar-refractivity contribution in [1.82, 2.24) is 10.6 Å². The Morgan fingerprint density at radius 3 is 2.68 bits per heavy atom. The van der Waals surface area contributed by atoms with E-state index in [1.165, 1.54) is 6.42 Å². The van der Waals surface area contributed by atoms with Crippen molar-refractivity contribution in [3.05, 3.63) is 47.2 Å². The maximum Gasteiger partial charge on any atom is 0.287 e. The van der Waals surface area contributed by atoms with Gasteiger partial charge in [0, 0.05) is 22.7 Å². The summed E-state index contributed by atoms with van der Waals surface area (Å²) >= 11 is 5.88.